The maximum absolute atomic E-state index is 13.5. The summed E-state index contributed by atoms with van der Waals surface area (Å²) in [6, 6.07) is -0.940. The van der Waals surface area contributed by atoms with Crippen LogP contribution in [0.2, 0.25) is 0 Å². The molecule has 1 amide bonds. The van der Waals surface area contributed by atoms with Crippen LogP contribution in [0, 0.1) is 0 Å². The van der Waals surface area contributed by atoms with Gasteiger partial charge in [-0.15, -0.1) is 0 Å². The van der Waals surface area contributed by atoms with E-state index in [4.69, 9.17) is 13.8 Å². The molecular weight excluding hydrogens is 976 g/mol. The van der Waals surface area contributed by atoms with Crippen LogP contribution in [0.5, 0.6) is 0 Å². The van der Waals surface area contributed by atoms with E-state index < -0.39 is 26.6 Å². The Morgan fingerprint density at radius 1 is 0.468 bits per heavy atom. The topological polar surface area (TPSA) is 114 Å². The molecule has 10 heteroatoms. The summed E-state index contributed by atoms with van der Waals surface area (Å²) in [6.07, 6.45) is 77.6. The number of nitrogens with zero attached hydrogens (tertiary/aromatic N) is 1. The number of quaternary nitrogens is 1. The van der Waals surface area contributed by atoms with Crippen LogP contribution in [0.3, 0.4) is 0 Å². The molecule has 1 N–H and O–H groups in total. The maximum atomic E-state index is 13.5. The normalized spacial score (nSPS) is 14.5. The number of carbonyl (C=O) groups excluding carboxylic acids is 2. The second-order valence-corrected chi connectivity index (χ2v) is 22.9. The second-order valence-electron chi connectivity index (χ2n) is 21.5. The Hall–Kier alpha value is -3.59. The van der Waals surface area contributed by atoms with Crippen molar-refractivity contribution in [3.05, 3.63) is 122 Å². The second kappa shape index (κ2) is 55.7. The van der Waals surface area contributed by atoms with E-state index in [0.717, 1.165) is 96.3 Å². The minimum absolute atomic E-state index is 0.0435. The molecule has 0 heterocycles. The van der Waals surface area contributed by atoms with Gasteiger partial charge in [-0.25, -0.2) is 0 Å². The van der Waals surface area contributed by atoms with Gasteiger partial charge >= 0.3 is 5.97 Å². The van der Waals surface area contributed by atoms with Gasteiger partial charge in [-0.1, -0.05) is 239 Å². The molecule has 0 aliphatic carbocycles. The van der Waals surface area contributed by atoms with Crippen LogP contribution >= 0.6 is 7.82 Å². The van der Waals surface area contributed by atoms with Gasteiger partial charge in [-0.3, -0.25) is 14.2 Å². The molecule has 0 spiro atoms. The first-order valence-electron chi connectivity index (χ1n) is 30.8. The standard InChI is InChI=1S/C67H115N2O7P/c1-7-10-13-16-19-22-25-27-29-31-33-34-36-38-40-42-45-48-51-54-57-60-67(71)76-65(58-55-52-49-46-43-24-21-18-15-12-9-3)64(63-75-77(72,73)74-62-61-69(4,5)6)68-66(70)59-56-53-50-47-44-41-39-37-35-32-30-28-26-23-20-17-14-11-8-2/h11,14,19-20,22-23,27-30,33-35,37,41,44,50,53,55,58,64-65H,7-10,12-13,15-18,21,24-26,31-32,36,38-40,42-43,45-49,51-52,54,56-57,59-63H2,1-6H3,(H-,68,70,72,73)/b14-11-,22-19-,23-20-,29-27-,30-28-,34-33-,37-35-,44-41-,53-50-,58-55+. The third kappa shape index (κ3) is 56.9. The summed E-state index contributed by atoms with van der Waals surface area (Å²) in [7, 11) is 1.12. The number of hydrogen-bond donors (Lipinski definition) is 1. The largest absolute Gasteiger partial charge is 0.756 e. The van der Waals surface area contributed by atoms with Crippen molar-refractivity contribution >= 4 is 19.7 Å². The summed E-state index contributed by atoms with van der Waals surface area (Å²) < 4.78 is 30.2. The van der Waals surface area contributed by atoms with Crippen molar-refractivity contribution in [2.45, 2.75) is 251 Å². The number of ether oxygens (including phenoxy) is 1. The average Bonchev–Trinajstić information content (AvgIpc) is 3.39. The number of hydrogen-bond acceptors (Lipinski definition) is 7. The summed E-state index contributed by atoms with van der Waals surface area (Å²) >= 11 is 0. The minimum atomic E-state index is -4.73. The fraction of sp³-hybridized carbons (Fsp3) is 0.672. The van der Waals surface area contributed by atoms with Crippen molar-refractivity contribution in [2.75, 3.05) is 40.9 Å². The zero-order chi connectivity index (χ0) is 56.4. The quantitative estimate of drug-likeness (QED) is 0.0212. The molecule has 0 aliphatic rings. The number of phosphoric acid groups is 1. The van der Waals surface area contributed by atoms with Crippen LogP contribution in [0.25, 0.3) is 0 Å². The zero-order valence-corrected chi connectivity index (χ0v) is 51.0. The first kappa shape index (κ1) is 73.4. The summed E-state index contributed by atoms with van der Waals surface area (Å²) in [4.78, 5) is 39.9. The number of esters is 1. The number of phosphoric ester groups is 1. The third-order valence-corrected chi connectivity index (χ3v) is 13.9. The highest BCUT2D eigenvalue weighted by atomic mass is 31.2. The number of unbranched alkanes of at least 4 members (excludes halogenated alkanes) is 20. The highest BCUT2D eigenvalue weighted by molar-refractivity contribution is 7.45. The summed E-state index contributed by atoms with van der Waals surface area (Å²) in [5, 5.41) is 2.97. The monoisotopic (exact) mass is 1090 g/mol. The predicted molar refractivity (Wildman–Crippen MR) is 330 cm³/mol. The van der Waals surface area contributed by atoms with E-state index >= 15 is 0 Å². The van der Waals surface area contributed by atoms with E-state index in [1.54, 1.807) is 6.08 Å². The van der Waals surface area contributed by atoms with Gasteiger partial charge in [0.15, 0.2) is 0 Å². The molecule has 9 nitrogen and oxygen atoms in total. The van der Waals surface area contributed by atoms with E-state index in [1.807, 2.05) is 39.4 Å². The van der Waals surface area contributed by atoms with Gasteiger partial charge in [-0.05, 0) is 109 Å². The molecule has 0 saturated heterocycles. The number of likely N-dealkylation sites (N-methyl/N-ethyl adjacent to an activating group) is 1. The molecular formula is C67H115N2O7P. The fourth-order valence-electron chi connectivity index (χ4n) is 8.14. The van der Waals surface area contributed by atoms with Gasteiger partial charge in [0.05, 0.1) is 33.8 Å². The smallest absolute Gasteiger partial charge is 0.306 e. The van der Waals surface area contributed by atoms with Crippen LogP contribution < -0.4 is 10.2 Å². The summed E-state index contributed by atoms with van der Waals surface area (Å²) in [5.41, 5.74) is 0. The predicted octanol–water partition coefficient (Wildman–Crippen LogP) is 18.5. The van der Waals surface area contributed by atoms with Crippen LogP contribution in [0.4, 0.5) is 0 Å². The summed E-state index contributed by atoms with van der Waals surface area (Å²) in [5.74, 6) is -0.655. The maximum Gasteiger partial charge on any atom is 0.306 e. The molecule has 0 radical (unpaired) electrons. The molecule has 0 aromatic carbocycles. The van der Waals surface area contributed by atoms with E-state index in [-0.39, 0.29) is 31.3 Å². The van der Waals surface area contributed by atoms with Crippen molar-refractivity contribution in [3.63, 3.8) is 0 Å². The van der Waals surface area contributed by atoms with Gasteiger partial charge in [0, 0.05) is 12.8 Å². The number of amides is 1. The Balaban J connectivity index is 5.35. The molecule has 0 rings (SSSR count). The van der Waals surface area contributed by atoms with E-state index in [9.17, 15) is 19.0 Å². The highest BCUT2D eigenvalue weighted by Crippen LogP contribution is 2.38. The van der Waals surface area contributed by atoms with Crippen molar-refractivity contribution in [3.8, 4) is 0 Å². The molecule has 3 atom stereocenters. The average molecular weight is 1090 g/mol. The number of carbonyl (C=O) groups is 2. The zero-order valence-electron chi connectivity index (χ0n) is 50.1. The first-order chi connectivity index (χ1) is 37.4. The first-order valence-corrected chi connectivity index (χ1v) is 32.3. The summed E-state index contributed by atoms with van der Waals surface area (Å²) in [6.45, 7) is 6.62. The van der Waals surface area contributed by atoms with Crippen molar-refractivity contribution in [1.82, 2.24) is 5.32 Å². The van der Waals surface area contributed by atoms with Crippen LogP contribution in [0.15, 0.2) is 122 Å². The molecule has 3 unspecified atom stereocenters. The Morgan fingerprint density at radius 2 is 0.844 bits per heavy atom. The Labute approximate surface area is 473 Å². The lowest BCUT2D eigenvalue weighted by atomic mass is 10.1. The lowest BCUT2D eigenvalue weighted by Crippen LogP contribution is -2.47. The Morgan fingerprint density at radius 3 is 1.30 bits per heavy atom. The number of allylic oxidation sites excluding steroid dienone is 19. The van der Waals surface area contributed by atoms with Crippen molar-refractivity contribution in [1.29, 1.82) is 0 Å². The van der Waals surface area contributed by atoms with Crippen LogP contribution in [-0.2, 0) is 27.9 Å². The number of rotatable bonds is 54. The van der Waals surface area contributed by atoms with Crippen molar-refractivity contribution < 1.29 is 37.3 Å². The van der Waals surface area contributed by atoms with E-state index in [0.29, 0.717) is 23.9 Å². The molecule has 0 aliphatic heterocycles. The molecule has 0 aromatic heterocycles. The Kier molecular flexibility index (Phi) is 53.1. The van der Waals surface area contributed by atoms with Crippen molar-refractivity contribution in [2.24, 2.45) is 0 Å². The van der Waals surface area contributed by atoms with Gasteiger partial charge in [0.25, 0.3) is 7.82 Å². The van der Waals surface area contributed by atoms with Crippen LogP contribution in [-0.4, -0.2) is 69.4 Å². The highest BCUT2D eigenvalue weighted by Gasteiger charge is 2.27. The van der Waals surface area contributed by atoms with Gasteiger partial charge in [0.2, 0.25) is 5.91 Å². The van der Waals surface area contributed by atoms with E-state index in [1.165, 1.54) is 96.3 Å². The number of nitrogens with one attached hydrogen (secondary N) is 1. The minimum Gasteiger partial charge on any atom is -0.756 e. The van der Waals surface area contributed by atoms with Crippen LogP contribution in [0.1, 0.15) is 239 Å². The molecule has 0 fully saturated rings. The lowest BCUT2D eigenvalue weighted by Gasteiger charge is -2.30. The van der Waals surface area contributed by atoms with E-state index in [2.05, 4.69) is 123 Å². The van der Waals surface area contributed by atoms with Gasteiger partial charge in [0.1, 0.15) is 19.3 Å². The fourth-order valence-corrected chi connectivity index (χ4v) is 8.86. The van der Waals surface area contributed by atoms with Gasteiger partial charge < -0.3 is 28.5 Å². The molecule has 77 heavy (non-hydrogen) atoms. The lowest BCUT2D eigenvalue weighted by molar-refractivity contribution is -0.870. The Bertz CT molecular complexity index is 1730. The molecule has 0 aromatic rings. The SMILES string of the molecule is CC/C=C\C/C=C\C/C=C\C/C=C\C/C=C\C/C=C\CCC(=O)NC(COP(=O)([O-])OCC[N+](C)(C)C)C(/C=C/CCCCCCCCCCC)OC(=O)CCCCCCCCCC/C=C\C/C=C\C/C=C\CCCCC. The molecule has 0 saturated carbocycles. The molecule has 440 valence electrons. The van der Waals surface area contributed by atoms with Gasteiger partial charge in [-0.2, -0.15) is 0 Å². The third-order valence-electron chi connectivity index (χ3n) is 12.9. The molecule has 0 bridgehead atoms.